The van der Waals surface area contributed by atoms with Crippen LogP contribution < -0.4 is 5.32 Å². The normalized spacial score (nSPS) is 16.8. The molecule has 1 heterocycles. The van der Waals surface area contributed by atoms with Crippen molar-refractivity contribution in [2.75, 3.05) is 6.54 Å². The lowest BCUT2D eigenvalue weighted by Gasteiger charge is -2.00. The lowest BCUT2D eigenvalue weighted by atomic mass is 10.3. The molecule has 1 saturated carbocycles. The first-order valence-electron chi connectivity index (χ1n) is 4.60. The fourth-order valence-corrected chi connectivity index (χ4v) is 1.30. The molecule has 0 bridgehead atoms. The molecule has 1 fully saturated rings. The van der Waals surface area contributed by atoms with Crippen LogP contribution in [0.15, 0.2) is 16.7 Å². The van der Waals surface area contributed by atoms with E-state index in [1.54, 1.807) is 6.26 Å². The smallest absolute Gasteiger partial charge is 0.120 e. The molecule has 1 aromatic rings. The number of aryl methyl sites for hydroxylation is 1. The van der Waals surface area contributed by atoms with Gasteiger partial charge in [-0.05, 0) is 43.9 Å². The van der Waals surface area contributed by atoms with E-state index in [9.17, 15) is 0 Å². The Bertz CT molecular complexity index is 250. The standard InChI is InChI=1S/C10H15NO/c1-8-4-5-12-10(8)7-11-6-9-2-3-9/h4-5,9,11H,2-3,6-7H2,1H3. The third-order valence-electron chi connectivity index (χ3n) is 2.38. The molecule has 2 nitrogen and oxygen atoms in total. The molecule has 1 N–H and O–H groups in total. The van der Waals surface area contributed by atoms with E-state index < -0.39 is 0 Å². The maximum Gasteiger partial charge on any atom is 0.120 e. The molecule has 2 heteroatoms. The Labute approximate surface area is 73.0 Å². The van der Waals surface area contributed by atoms with E-state index in [-0.39, 0.29) is 0 Å². The average Bonchev–Trinajstić information content (AvgIpc) is 2.78. The maximum absolute atomic E-state index is 5.30. The highest BCUT2D eigenvalue weighted by Crippen LogP contribution is 2.27. The molecule has 12 heavy (non-hydrogen) atoms. The fourth-order valence-electron chi connectivity index (χ4n) is 1.30. The Morgan fingerprint density at radius 1 is 1.58 bits per heavy atom. The molecular weight excluding hydrogens is 150 g/mol. The molecule has 0 spiro atoms. The first-order chi connectivity index (χ1) is 5.86. The first-order valence-corrected chi connectivity index (χ1v) is 4.60. The Morgan fingerprint density at radius 3 is 3.00 bits per heavy atom. The summed E-state index contributed by atoms with van der Waals surface area (Å²) in [6.45, 7) is 4.12. The van der Waals surface area contributed by atoms with Crippen molar-refractivity contribution in [1.82, 2.24) is 5.32 Å². The monoisotopic (exact) mass is 165 g/mol. The quantitative estimate of drug-likeness (QED) is 0.739. The van der Waals surface area contributed by atoms with Gasteiger partial charge in [-0.25, -0.2) is 0 Å². The zero-order valence-corrected chi connectivity index (χ0v) is 7.47. The van der Waals surface area contributed by atoms with Gasteiger partial charge < -0.3 is 9.73 Å². The zero-order valence-electron chi connectivity index (χ0n) is 7.47. The van der Waals surface area contributed by atoms with Gasteiger partial charge in [-0.2, -0.15) is 0 Å². The second-order valence-corrected chi connectivity index (χ2v) is 3.60. The van der Waals surface area contributed by atoms with Crippen molar-refractivity contribution in [3.63, 3.8) is 0 Å². The number of hydrogen-bond acceptors (Lipinski definition) is 2. The highest BCUT2D eigenvalue weighted by atomic mass is 16.3. The van der Waals surface area contributed by atoms with Gasteiger partial charge in [0.2, 0.25) is 0 Å². The van der Waals surface area contributed by atoms with Crippen LogP contribution in [0.4, 0.5) is 0 Å². The van der Waals surface area contributed by atoms with E-state index >= 15 is 0 Å². The van der Waals surface area contributed by atoms with Crippen LogP contribution in [-0.2, 0) is 6.54 Å². The third-order valence-corrected chi connectivity index (χ3v) is 2.38. The van der Waals surface area contributed by atoms with E-state index in [4.69, 9.17) is 4.42 Å². The molecular formula is C10H15NO. The summed E-state index contributed by atoms with van der Waals surface area (Å²) in [5.74, 6) is 2.02. The average molecular weight is 165 g/mol. The first kappa shape index (κ1) is 7.87. The lowest BCUT2D eigenvalue weighted by Crippen LogP contribution is -2.16. The fraction of sp³-hybridized carbons (Fsp3) is 0.600. The topological polar surface area (TPSA) is 25.2 Å². The molecule has 1 aromatic heterocycles. The molecule has 0 aromatic carbocycles. The van der Waals surface area contributed by atoms with E-state index in [0.717, 1.165) is 24.8 Å². The molecule has 0 aliphatic heterocycles. The van der Waals surface area contributed by atoms with Gasteiger partial charge in [0, 0.05) is 0 Å². The van der Waals surface area contributed by atoms with Crippen LogP contribution in [0.1, 0.15) is 24.2 Å². The van der Waals surface area contributed by atoms with Gasteiger partial charge in [0.25, 0.3) is 0 Å². The van der Waals surface area contributed by atoms with E-state index in [0.29, 0.717) is 0 Å². The molecule has 2 rings (SSSR count). The summed E-state index contributed by atoms with van der Waals surface area (Å²) < 4.78 is 5.30. The van der Waals surface area contributed by atoms with Crippen molar-refractivity contribution < 1.29 is 4.42 Å². The second-order valence-electron chi connectivity index (χ2n) is 3.60. The van der Waals surface area contributed by atoms with Crippen molar-refractivity contribution >= 4 is 0 Å². The number of furan rings is 1. The predicted octanol–water partition coefficient (Wildman–Crippen LogP) is 2.09. The summed E-state index contributed by atoms with van der Waals surface area (Å²) >= 11 is 0. The molecule has 0 radical (unpaired) electrons. The summed E-state index contributed by atoms with van der Waals surface area (Å²) in [5.41, 5.74) is 1.25. The van der Waals surface area contributed by atoms with Crippen molar-refractivity contribution in [2.45, 2.75) is 26.3 Å². The summed E-state index contributed by atoms with van der Waals surface area (Å²) in [6.07, 6.45) is 4.57. The largest absolute Gasteiger partial charge is 0.468 e. The van der Waals surface area contributed by atoms with Gasteiger partial charge in [-0.1, -0.05) is 0 Å². The SMILES string of the molecule is Cc1ccoc1CNCC1CC1. The number of hydrogen-bond donors (Lipinski definition) is 1. The molecule has 1 aliphatic rings. The molecule has 0 atom stereocenters. The van der Waals surface area contributed by atoms with Crippen LogP contribution in [0.2, 0.25) is 0 Å². The zero-order chi connectivity index (χ0) is 8.39. The molecule has 1 aliphatic carbocycles. The van der Waals surface area contributed by atoms with Gasteiger partial charge in [0.05, 0.1) is 12.8 Å². The Balaban J connectivity index is 1.75. The lowest BCUT2D eigenvalue weighted by molar-refractivity contribution is 0.476. The van der Waals surface area contributed by atoms with Crippen molar-refractivity contribution in [3.05, 3.63) is 23.7 Å². The third kappa shape index (κ3) is 1.89. The van der Waals surface area contributed by atoms with Crippen LogP contribution in [0.25, 0.3) is 0 Å². The second kappa shape index (κ2) is 3.31. The Hall–Kier alpha value is -0.760. The molecule has 0 amide bonds. The van der Waals surface area contributed by atoms with E-state index in [1.165, 1.54) is 18.4 Å². The van der Waals surface area contributed by atoms with Crippen molar-refractivity contribution in [2.24, 2.45) is 5.92 Å². The van der Waals surface area contributed by atoms with E-state index in [1.807, 2.05) is 6.07 Å². The van der Waals surface area contributed by atoms with Crippen LogP contribution >= 0.6 is 0 Å². The Kier molecular flexibility index (Phi) is 2.17. The van der Waals surface area contributed by atoms with Crippen LogP contribution in [0.3, 0.4) is 0 Å². The summed E-state index contributed by atoms with van der Waals surface area (Å²) in [5, 5.41) is 3.40. The van der Waals surface area contributed by atoms with Gasteiger partial charge in [0.15, 0.2) is 0 Å². The summed E-state index contributed by atoms with van der Waals surface area (Å²) in [6, 6.07) is 2.01. The van der Waals surface area contributed by atoms with E-state index in [2.05, 4.69) is 12.2 Å². The minimum absolute atomic E-state index is 0.884. The summed E-state index contributed by atoms with van der Waals surface area (Å²) in [7, 11) is 0. The van der Waals surface area contributed by atoms with Crippen LogP contribution in [0, 0.1) is 12.8 Å². The van der Waals surface area contributed by atoms with Gasteiger partial charge >= 0.3 is 0 Å². The van der Waals surface area contributed by atoms with Gasteiger partial charge in [-0.15, -0.1) is 0 Å². The van der Waals surface area contributed by atoms with Crippen LogP contribution in [-0.4, -0.2) is 6.54 Å². The van der Waals surface area contributed by atoms with Crippen molar-refractivity contribution in [1.29, 1.82) is 0 Å². The molecule has 0 unspecified atom stereocenters. The molecule has 66 valence electrons. The van der Waals surface area contributed by atoms with Crippen LogP contribution in [0.5, 0.6) is 0 Å². The highest BCUT2D eigenvalue weighted by Gasteiger charge is 2.20. The number of rotatable bonds is 4. The van der Waals surface area contributed by atoms with Gasteiger partial charge in [-0.3, -0.25) is 0 Å². The molecule has 0 saturated heterocycles. The predicted molar refractivity (Wildman–Crippen MR) is 47.9 cm³/mol. The summed E-state index contributed by atoms with van der Waals surface area (Å²) in [4.78, 5) is 0. The maximum atomic E-state index is 5.30. The highest BCUT2D eigenvalue weighted by molar-refractivity contribution is 5.14. The minimum atomic E-state index is 0.884. The Morgan fingerprint density at radius 2 is 2.42 bits per heavy atom. The number of nitrogens with one attached hydrogen (secondary N) is 1. The minimum Gasteiger partial charge on any atom is -0.468 e. The van der Waals surface area contributed by atoms with Gasteiger partial charge in [0.1, 0.15) is 5.76 Å². The van der Waals surface area contributed by atoms with Crippen molar-refractivity contribution in [3.8, 4) is 0 Å².